The number of alkyl halides is 3. The SMILES string of the molecule is CCc1c(C)c(C(C)(O)C(F)(F)F)c(C)c(C)c1O. The van der Waals surface area contributed by atoms with Gasteiger partial charge in [-0.15, -0.1) is 0 Å². The van der Waals surface area contributed by atoms with Crippen molar-refractivity contribution in [2.24, 2.45) is 0 Å². The number of phenolic OH excluding ortho intramolecular Hbond substituents is 1. The summed E-state index contributed by atoms with van der Waals surface area (Å²) in [4.78, 5) is 0. The van der Waals surface area contributed by atoms with E-state index in [4.69, 9.17) is 0 Å². The van der Waals surface area contributed by atoms with Gasteiger partial charge in [0.1, 0.15) is 5.75 Å². The van der Waals surface area contributed by atoms with E-state index in [-0.39, 0.29) is 16.9 Å². The molecule has 1 unspecified atom stereocenters. The van der Waals surface area contributed by atoms with E-state index >= 15 is 0 Å². The molecule has 0 radical (unpaired) electrons. The first-order chi connectivity index (χ1) is 8.46. The minimum absolute atomic E-state index is 0.0132. The summed E-state index contributed by atoms with van der Waals surface area (Å²) in [7, 11) is 0. The Hall–Kier alpha value is -1.23. The molecule has 0 saturated heterocycles. The van der Waals surface area contributed by atoms with Crippen LogP contribution in [-0.4, -0.2) is 16.4 Å². The van der Waals surface area contributed by atoms with E-state index in [2.05, 4.69) is 0 Å². The maximum absolute atomic E-state index is 13.0. The summed E-state index contributed by atoms with van der Waals surface area (Å²) in [6.07, 6.45) is -4.36. The molecule has 0 amide bonds. The van der Waals surface area contributed by atoms with Crippen LogP contribution in [-0.2, 0) is 12.0 Å². The highest BCUT2D eigenvalue weighted by molar-refractivity contribution is 5.55. The first kappa shape index (κ1) is 15.8. The van der Waals surface area contributed by atoms with Crippen LogP contribution in [0, 0.1) is 20.8 Å². The third-order valence-electron chi connectivity index (χ3n) is 3.80. The Labute approximate surface area is 110 Å². The quantitative estimate of drug-likeness (QED) is 0.865. The lowest BCUT2D eigenvalue weighted by atomic mass is 9.82. The monoisotopic (exact) mass is 276 g/mol. The normalized spacial score (nSPS) is 15.4. The second-order valence-corrected chi connectivity index (χ2v) is 5.00. The van der Waals surface area contributed by atoms with Gasteiger partial charge >= 0.3 is 6.18 Å². The maximum atomic E-state index is 13.0. The third-order valence-corrected chi connectivity index (χ3v) is 3.80. The lowest BCUT2D eigenvalue weighted by molar-refractivity contribution is -0.259. The number of rotatable bonds is 2. The average molecular weight is 276 g/mol. The van der Waals surface area contributed by atoms with Gasteiger partial charge < -0.3 is 10.2 Å². The van der Waals surface area contributed by atoms with Crippen LogP contribution in [0.4, 0.5) is 13.2 Å². The number of benzene rings is 1. The summed E-state index contributed by atoms with van der Waals surface area (Å²) in [5.74, 6) is 0.0132. The van der Waals surface area contributed by atoms with Crippen LogP contribution in [0.3, 0.4) is 0 Å². The molecule has 0 fully saturated rings. The molecule has 2 nitrogen and oxygen atoms in total. The highest BCUT2D eigenvalue weighted by atomic mass is 19.4. The maximum Gasteiger partial charge on any atom is 0.421 e. The zero-order chi connectivity index (χ0) is 15.2. The molecule has 0 aromatic heterocycles. The molecular weight excluding hydrogens is 257 g/mol. The Kier molecular flexibility index (Phi) is 3.92. The molecule has 1 atom stereocenters. The van der Waals surface area contributed by atoms with Crippen molar-refractivity contribution in [1.29, 1.82) is 0 Å². The lowest BCUT2D eigenvalue weighted by Gasteiger charge is -2.32. The Balaban J connectivity index is 3.76. The molecule has 0 aliphatic rings. The van der Waals surface area contributed by atoms with Crippen LogP contribution < -0.4 is 0 Å². The second-order valence-electron chi connectivity index (χ2n) is 5.00. The van der Waals surface area contributed by atoms with Crippen molar-refractivity contribution in [3.63, 3.8) is 0 Å². The molecule has 1 aromatic carbocycles. The van der Waals surface area contributed by atoms with Gasteiger partial charge in [0.25, 0.3) is 0 Å². The number of phenols is 1. The molecule has 2 N–H and O–H groups in total. The van der Waals surface area contributed by atoms with E-state index in [0.717, 1.165) is 6.92 Å². The lowest BCUT2D eigenvalue weighted by Crippen LogP contribution is -2.40. The Bertz CT molecular complexity index is 503. The van der Waals surface area contributed by atoms with Gasteiger partial charge in [0.05, 0.1) is 0 Å². The third kappa shape index (κ3) is 2.31. The fourth-order valence-electron chi connectivity index (χ4n) is 2.51. The smallest absolute Gasteiger partial charge is 0.421 e. The zero-order valence-corrected chi connectivity index (χ0v) is 11.7. The zero-order valence-electron chi connectivity index (χ0n) is 11.7. The second kappa shape index (κ2) is 4.71. The van der Waals surface area contributed by atoms with Gasteiger partial charge in [-0.1, -0.05) is 6.92 Å². The largest absolute Gasteiger partial charge is 0.507 e. The predicted octanol–water partition coefficient (Wildman–Crippen LogP) is 3.65. The molecule has 108 valence electrons. The number of aromatic hydroxyl groups is 1. The molecule has 1 aromatic rings. The highest BCUT2D eigenvalue weighted by Gasteiger charge is 2.53. The van der Waals surface area contributed by atoms with E-state index in [1.54, 1.807) is 13.8 Å². The Morgan fingerprint density at radius 2 is 1.47 bits per heavy atom. The van der Waals surface area contributed by atoms with Crippen molar-refractivity contribution >= 4 is 0 Å². The van der Waals surface area contributed by atoms with Crippen LogP contribution >= 0.6 is 0 Å². The molecule has 0 aliphatic heterocycles. The van der Waals surface area contributed by atoms with Gasteiger partial charge in [-0.3, -0.25) is 0 Å². The van der Waals surface area contributed by atoms with Crippen LogP contribution in [0.5, 0.6) is 5.75 Å². The van der Waals surface area contributed by atoms with Crippen molar-refractivity contribution < 1.29 is 23.4 Å². The predicted molar refractivity (Wildman–Crippen MR) is 67.3 cm³/mol. The van der Waals surface area contributed by atoms with Crippen molar-refractivity contribution in [1.82, 2.24) is 0 Å². The summed E-state index contributed by atoms with van der Waals surface area (Å²) in [5, 5.41) is 19.9. The minimum atomic E-state index is -4.77. The summed E-state index contributed by atoms with van der Waals surface area (Å²) < 4.78 is 39.1. The Morgan fingerprint density at radius 3 is 1.84 bits per heavy atom. The van der Waals surface area contributed by atoms with E-state index in [1.807, 2.05) is 0 Å². The fraction of sp³-hybridized carbons (Fsp3) is 0.571. The molecular formula is C14H19F3O2. The average Bonchev–Trinajstić information content (AvgIpc) is 2.25. The molecule has 0 spiro atoms. The van der Waals surface area contributed by atoms with Gasteiger partial charge in [0, 0.05) is 0 Å². The van der Waals surface area contributed by atoms with Gasteiger partial charge in [0.15, 0.2) is 5.60 Å². The molecule has 0 saturated carbocycles. The number of hydrogen-bond acceptors (Lipinski definition) is 2. The first-order valence-electron chi connectivity index (χ1n) is 6.07. The number of hydrogen-bond donors (Lipinski definition) is 2. The Morgan fingerprint density at radius 1 is 1.00 bits per heavy atom. The summed E-state index contributed by atoms with van der Waals surface area (Å²) >= 11 is 0. The van der Waals surface area contributed by atoms with Gasteiger partial charge in [-0.25, -0.2) is 0 Å². The number of halogens is 3. The van der Waals surface area contributed by atoms with Crippen molar-refractivity contribution in [3.05, 3.63) is 27.8 Å². The van der Waals surface area contributed by atoms with E-state index < -0.39 is 11.8 Å². The molecule has 19 heavy (non-hydrogen) atoms. The van der Waals surface area contributed by atoms with Crippen LogP contribution in [0.15, 0.2) is 0 Å². The van der Waals surface area contributed by atoms with Gasteiger partial charge in [0.2, 0.25) is 0 Å². The fourth-order valence-corrected chi connectivity index (χ4v) is 2.51. The van der Waals surface area contributed by atoms with Crippen LogP contribution in [0.2, 0.25) is 0 Å². The molecule has 5 heteroatoms. The summed E-state index contributed by atoms with van der Waals surface area (Å²) in [5.41, 5.74) is -1.69. The van der Waals surface area contributed by atoms with E-state index in [1.165, 1.54) is 13.8 Å². The van der Waals surface area contributed by atoms with Gasteiger partial charge in [-0.05, 0) is 61.9 Å². The summed E-state index contributed by atoms with van der Waals surface area (Å²) in [6, 6.07) is 0. The molecule has 1 rings (SSSR count). The van der Waals surface area contributed by atoms with Crippen LogP contribution in [0.25, 0.3) is 0 Å². The van der Waals surface area contributed by atoms with E-state index in [0.29, 0.717) is 23.1 Å². The van der Waals surface area contributed by atoms with Crippen molar-refractivity contribution in [3.8, 4) is 5.75 Å². The molecule has 0 bridgehead atoms. The van der Waals surface area contributed by atoms with Crippen molar-refractivity contribution in [2.75, 3.05) is 0 Å². The topological polar surface area (TPSA) is 40.5 Å². The van der Waals surface area contributed by atoms with Crippen molar-refractivity contribution in [2.45, 2.75) is 52.8 Å². The minimum Gasteiger partial charge on any atom is -0.507 e. The first-order valence-corrected chi connectivity index (χ1v) is 6.07. The molecule has 0 heterocycles. The molecule has 0 aliphatic carbocycles. The number of aliphatic hydroxyl groups is 1. The van der Waals surface area contributed by atoms with Gasteiger partial charge in [-0.2, -0.15) is 13.2 Å². The van der Waals surface area contributed by atoms with E-state index in [9.17, 15) is 23.4 Å². The van der Waals surface area contributed by atoms with Crippen LogP contribution in [0.1, 0.15) is 41.7 Å². The summed E-state index contributed by atoms with van der Waals surface area (Å²) in [6.45, 7) is 7.04. The standard InChI is InChI=1S/C14H19F3O2/c1-6-10-9(4)11(7(2)8(3)12(10)18)13(5,19)14(15,16)17/h18-19H,6H2,1-5H3. The highest BCUT2D eigenvalue weighted by Crippen LogP contribution is 2.45.